The van der Waals surface area contributed by atoms with Gasteiger partial charge in [0.25, 0.3) is 0 Å². The number of hydrogen-bond acceptors (Lipinski definition) is 2. The van der Waals surface area contributed by atoms with Gasteiger partial charge in [0.1, 0.15) is 17.4 Å². The van der Waals surface area contributed by atoms with Gasteiger partial charge < -0.3 is 5.32 Å². The highest BCUT2D eigenvalue weighted by Gasteiger charge is 2.09. The zero-order valence-electron chi connectivity index (χ0n) is 9.33. The van der Waals surface area contributed by atoms with Gasteiger partial charge in [-0.25, -0.2) is 4.39 Å². The zero-order valence-corrected chi connectivity index (χ0v) is 9.33. The van der Waals surface area contributed by atoms with Crippen LogP contribution in [-0.4, -0.2) is 6.04 Å². The van der Waals surface area contributed by atoms with Crippen molar-refractivity contribution in [1.82, 2.24) is 0 Å². The van der Waals surface area contributed by atoms with Gasteiger partial charge >= 0.3 is 0 Å². The average Bonchev–Trinajstić information content (AvgIpc) is 2.27. The fraction of sp³-hybridized carbons (Fsp3) is 0.308. The Morgan fingerprint density at radius 1 is 1.62 bits per heavy atom. The molecule has 0 fully saturated rings. The van der Waals surface area contributed by atoms with Crippen molar-refractivity contribution in [2.24, 2.45) is 0 Å². The lowest BCUT2D eigenvalue weighted by Crippen LogP contribution is -2.15. The van der Waals surface area contributed by atoms with Crippen molar-refractivity contribution in [2.45, 2.75) is 25.8 Å². The van der Waals surface area contributed by atoms with Gasteiger partial charge in [0, 0.05) is 6.04 Å². The van der Waals surface area contributed by atoms with Crippen molar-refractivity contribution in [1.29, 1.82) is 5.26 Å². The van der Waals surface area contributed by atoms with Crippen LogP contribution < -0.4 is 5.32 Å². The number of rotatable bonds is 5. The van der Waals surface area contributed by atoms with Gasteiger partial charge in [-0.3, -0.25) is 0 Å². The van der Waals surface area contributed by atoms with Crippen LogP contribution in [0.15, 0.2) is 30.9 Å². The highest BCUT2D eigenvalue weighted by Crippen LogP contribution is 2.19. The first-order valence-electron chi connectivity index (χ1n) is 5.25. The van der Waals surface area contributed by atoms with E-state index >= 15 is 0 Å². The molecule has 1 unspecified atom stereocenters. The van der Waals surface area contributed by atoms with Crippen LogP contribution in [-0.2, 0) is 0 Å². The number of hydrogen-bond donors (Lipinski definition) is 1. The van der Waals surface area contributed by atoms with E-state index in [1.54, 1.807) is 12.1 Å². The summed E-state index contributed by atoms with van der Waals surface area (Å²) in [6, 6.07) is 6.65. The summed E-state index contributed by atoms with van der Waals surface area (Å²) < 4.78 is 13.3. The lowest BCUT2D eigenvalue weighted by atomic mass is 10.1. The molecule has 0 bridgehead atoms. The van der Waals surface area contributed by atoms with Gasteiger partial charge in [-0.1, -0.05) is 12.1 Å². The first-order valence-corrected chi connectivity index (χ1v) is 5.25. The Hall–Kier alpha value is -1.82. The van der Waals surface area contributed by atoms with Crippen LogP contribution in [0.4, 0.5) is 10.1 Å². The van der Waals surface area contributed by atoms with E-state index in [4.69, 9.17) is 5.26 Å². The van der Waals surface area contributed by atoms with Crippen LogP contribution >= 0.6 is 0 Å². The lowest BCUT2D eigenvalue weighted by molar-refractivity contribution is 0.623. The Morgan fingerprint density at radius 3 is 3.00 bits per heavy atom. The fourth-order valence-corrected chi connectivity index (χ4v) is 1.46. The topological polar surface area (TPSA) is 35.8 Å². The van der Waals surface area contributed by atoms with E-state index in [-0.39, 0.29) is 11.6 Å². The highest BCUT2D eigenvalue weighted by atomic mass is 19.1. The molecule has 0 aromatic heterocycles. The molecule has 0 heterocycles. The quantitative estimate of drug-likeness (QED) is 0.768. The molecule has 0 aliphatic rings. The Bertz CT molecular complexity index is 407. The van der Waals surface area contributed by atoms with Gasteiger partial charge in [0.15, 0.2) is 0 Å². The molecule has 3 heteroatoms. The first kappa shape index (κ1) is 12.3. The minimum Gasteiger partial charge on any atom is -0.381 e. The third-order valence-corrected chi connectivity index (χ3v) is 2.33. The molecule has 0 spiro atoms. The lowest BCUT2D eigenvalue weighted by Gasteiger charge is -2.15. The molecule has 1 aromatic rings. The highest BCUT2D eigenvalue weighted by molar-refractivity contribution is 5.58. The molecule has 1 aromatic carbocycles. The summed E-state index contributed by atoms with van der Waals surface area (Å²) in [5, 5.41) is 12.0. The maximum absolute atomic E-state index is 13.3. The van der Waals surface area contributed by atoms with Crippen LogP contribution in [0.3, 0.4) is 0 Å². The average molecular weight is 218 g/mol. The van der Waals surface area contributed by atoms with E-state index in [9.17, 15) is 4.39 Å². The number of nitriles is 1. The number of allylic oxidation sites excluding steroid dienone is 1. The first-order chi connectivity index (χ1) is 7.69. The second-order valence-electron chi connectivity index (χ2n) is 3.69. The molecule has 1 atom stereocenters. The second-order valence-corrected chi connectivity index (χ2v) is 3.69. The van der Waals surface area contributed by atoms with Crippen LogP contribution in [0.1, 0.15) is 25.3 Å². The molecule has 16 heavy (non-hydrogen) atoms. The monoisotopic (exact) mass is 218 g/mol. The van der Waals surface area contributed by atoms with E-state index in [1.165, 1.54) is 6.07 Å². The molecule has 0 saturated carbocycles. The van der Waals surface area contributed by atoms with E-state index in [1.807, 2.05) is 19.1 Å². The maximum atomic E-state index is 13.3. The van der Waals surface area contributed by atoms with E-state index < -0.39 is 5.82 Å². The molecule has 1 N–H and O–H groups in total. The van der Waals surface area contributed by atoms with Gasteiger partial charge in [0.2, 0.25) is 0 Å². The Balaban J connectivity index is 2.77. The Morgan fingerprint density at radius 2 is 2.38 bits per heavy atom. The number of anilines is 1. The molecule has 0 aliphatic heterocycles. The van der Waals surface area contributed by atoms with Crippen molar-refractivity contribution < 1.29 is 4.39 Å². The zero-order chi connectivity index (χ0) is 12.0. The van der Waals surface area contributed by atoms with Crippen molar-refractivity contribution in [2.75, 3.05) is 5.32 Å². The van der Waals surface area contributed by atoms with Crippen molar-refractivity contribution in [3.05, 3.63) is 42.2 Å². The molecule has 0 amide bonds. The standard InChI is InChI=1S/C13H15FN2/c1-3-4-6-10(2)16-13-8-5-7-12(14)11(13)9-15/h3,5,7-8,10,16H,1,4,6H2,2H3. The SMILES string of the molecule is C=CCCC(C)Nc1cccc(F)c1C#N. The maximum Gasteiger partial charge on any atom is 0.143 e. The second kappa shape index (κ2) is 5.92. The molecule has 0 saturated heterocycles. The number of halogens is 1. The van der Waals surface area contributed by atoms with Gasteiger partial charge in [-0.15, -0.1) is 6.58 Å². The summed E-state index contributed by atoms with van der Waals surface area (Å²) in [6.07, 6.45) is 3.64. The summed E-state index contributed by atoms with van der Waals surface area (Å²) in [5.41, 5.74) is 0.631. The minimum absolute atomic E-state index is 0.0768. The number of nitrogens with zero attached hydrogens (tertiary/aromatic N) is 1. The molecule has 0 radical (unpaired) electrons. The van der Waals surface area contributed by atoms with E-state index in [0.29, 0.717) is 5.69 Å². The van der Waals surface area contributed by atoms with Crippen LogP contribution in [0, 0.1) is 17.1 Å². The normalized spacial score (nSPS) is 11.6. The van der Waals surface area contributed by atoms with Gasteiger partial charge in [-0.2, -0.15) is 5.26 Å². The van der Waals surface area contributed by atoms with Crippen LogP contribution in [0.2, 0.25) is 0 Å². The van der Waals surface area contributed by atoms with Crippen molar-refractivity contribution in [3.63, 3.8) is 0 Å². The Kier molecular flexibility index (Phi) is 4.53. The minimum atomic E-state index is -0.483. The van der Waals surface area contributed by atoms with Crippen LogP contribution in [0.25, 0.3) is 0 Å². The molecule has 1 rings (SSSR count). The largest absolute Gasteiger partial charge is 0.381 e. The van der Waals surface area contributed by atoms with E-state index in [2.05, 4.69) is 11.9 Å². The summed E-state index contributed by atoms with van der Waals surface area (Å²) in [5.74, 6) is -0.483. The third-order valence-electron chi connectivity index (χ3n) is 2.33. The molecule has 84 valence electrons. The van der Waals surface area contributed by atoms with Crippen LogP contribution in [0.5, 0.6) is 0 Å². The predicted molar refractivity (Wildman–Crippen MR) is 63.6 cm³/mol. The van der Waals surface area contributed by atoms with Crippen molar-refractivity contribution in [3.8, 4) is 6.07 Å². The van der Waals surface area contributed by atoms with Crippen molar-refractivity contribution >= 4 is 5.69 Å². The van der Waals surface area contributed by atoms with Gasteiger partial charge in [-0.05, 0) is 31.9 Å². The predicted octanol–water partition coefficient (Wildman–Crippen LogP) is 3.46. The molecule has 0 aliphatic carbocycles. The molecule has 2 nitrogen and oxygen atoms in total. The fourth-order valence-electron chi connectivity index (χ4n) is 1.46. The summed E-state index contributed by atoms with van der Waals surface area (Å²) in [6.45, 7) is 5.64. The molecular weight excluding hydrogens is 203 g/mol. The third kappa shape index (κ3) is 3.09. The Labute approximate surface area is 95.4 Å². The summed E-state index contributed by atoms with van der Waals surface area (Å²) in [7, 11) is 0. The number of benzene rings is 1. The summed E-state index contributed by atoms with van der Waals surface area (Å²) >= 11 is 0. The van der Waals surface area contributed by atoms with Gasteiger partial charge in [0.05, 0.1) is 5.69 Å². The molecular formula is C13H15FN2. The van der Waals surface area contributed by atoms with E-state index in [0.717, 1.165) is 12.8 Å². The summed E-state index contributed by atoms with van der Waals surface area (Å²) in [4.78, 5) is 0. The smallest absolute Gasteiger partial charge is 0.143 e. The number of nitrogens with one attached hydrogen (secondary N) is 1.